The summed E-state index contributed by atoms with van der Waals surface area (Å²) in [5.74, 6) is -0.339. The van der Waals surface area contributed by atoms with Crippen LogP contribution in [0.15, 0.2) is 18.2 Å². The zero-order valence-corrected chi connectivity index (χ0v) is 11.3. The van der Waals surface area contributed by atoms with Crippen molar-refractivity contribution >= 4 is 5.84 Å². The zero-order chi connectivity index (χ0) is 15.3. The molecule has 0 atom stereocenters. The number of rotatable bonds is 6. The van der Waals surface area contributed by atoms with E-state index in [1.807, 2.05) is 13.8 Å². The van der Waals surface area contributed by atoms with Gasteiger partial charge in [0.25, 0.3) is 0 Å². The van der Waals surface area contributed by atoms with Crippen LogP contribution in [0, 0.1) is 5.41 Å². The van der Waals surface area contributed by atoms with Crippen molar-refractivity contribution in [3.8, 4) is 5.75 Å². The summed E-state index contributed by atoms with van der Waals surface area (Å²) in [5, 5.41) is 7.33. The van der Waals surface area contributed by atoms with Gasteiger partial charge in [-0.15, -0.1) is 0 Å². The average molecular weight is 290 g/mol. The molecule has 1 aromatic rings. The molecule has 0 aliphatic carbocycles. The van der Waals surface area contributed by atoms with Crippen molar-refractivity contribution in [2.45, 2.75) is 26.1 Å². The van der Waals surface area contributed by atoms with Gasteiger partial charge in [-0.25, -0.2) is 0 Å². The maximum Gasteiger partial charge on any atom is 0.416 e. The Bertz CT molecular complexity index is 473. The summed E-state index contributed by atoms with van der Waals surface area (Å²) < 4.78 is 48.3. The minimum Gasteiger partial charge on any atom is -0.490 e. The predicted octanol–water partition coefficient (Wildman–Crippen LogP) is 2.79. The quantitative estimate of drug-likeness (QED) is 0.481. The number of nitrogens with one attached hydrogen (secondary N) is 1. The number of ether oxygens (including phenoxy) is 2. The van der Waals surface area contributed by atoms with Gasteiger partial charge in [-0.3, -0.25) is 5.41 Å². The van der Waals surface area contributed by atoms with E-state index in [0.717, 1.165) is 18.2 Å². The Hall–Kier alpha value is -1.76. The van der Waals surface area contributed by atoms with E-state index in [2.05, 4.69) is 0 Å². The molecule has 3 N–H and O–H groups in total. The molecule has 7 heteroatoms. The number of alkyl halides is 3. The first-order valence-corrected chi connectivity index (χ1v) is 6.02. The van der Waals surface area contributed by atoms with Gasteiger partial charge in [-0.05, 0) is 32.0 Å². The van der Waals surface area contributed by atoms with E-state index in [0.29, 0.717) is 6.61 Å². The molecule has 1 rings (SSSR count). The lowest BCUT2D eigenvalue weighted by Gasteiger charge is -2.14. The molecule has 0 fully saturated rings. The fourth-order valence-corrected chi connectivity index (χ4v) is 1.48. The zero-order valence-electron chi connectivity index (χ0n) is 11.3. The molecule has 4 nitrogen and oxygen atoms in total. The van der Waals surface area contributed by atoms with Gasteiger partial charge < -0.3 is 15.2 Å². The molecule has 0 heterocycles. The highest BCUT2D eigenvalue weighted by Gasteiger charge is 2.31. The number of nitrogen functional groups attached to an aromatic ring is 1. The lowest BCUT2D eigenvalue weighted by atomic mass is 10.1. The average Bonchev–Trinajstić information content (AvgIpc) is 2.33. The smallest absolute Gasteiger partial charge is 0.416 e. The summed E-state index contributed by atoms with van der Waals surface area (Å²) in [6.07, 6.45) is -4.44. The number of hydrogen-bond donors (Lipinski definition) is 2. The van der Waals surface area contributed by atoms with Crippen molar-refractivity contribution in [3.05, 3.63) is 29.3 Å². The van der Waals surface area contributed by atoms with Gasteiger partial charge in [-0.2, -0.15) is 13.2 Å². The van der Waals surface area contributed by atoms with Crippen molar-refractivity contribution < 1.29 is 22.6 Å². The molecule has 112 valence electrons. The van der Waals surface area contributed by atoms with Gasteiger partial charge in [-0.1, -0.05) is 0 Å². The van der Waals surface area contributed by atoms with Crippen LogP contribution in [0.5, 0.6) is 5.75 Å². The van der Waals surface area contributed by atoms with E-state index < -0.39 is 17.6 Å². The molecule has 0 amide bonds. The topological polar surface area (TPSA) is 68.3 Å². The SMILES string of the molecule is CC(C)OCCOc1ccc(C(F)(F)F)cc1C(=N)N. The Morgan fingerprint density at radius 3 is 2.45 bits per heavy atom. The molecule has 0 saturated carbocycles. The van der Waals surface area contributed by atoms with Crippen molar-refractivity contribution in [2.75, 3.05) is 13.2 Å². The summed E-state index contributed by atoms with van der Waals surface area (Å²) in [5.41, 5.74) is 4.34. The number of benzene rings is 1. The van der Waals surface area contributed by atoms with Crippen LogP contribution in [0.3, 0.4) is 0 Å². The van der Waals surface area contributed by atoms with Crippen LogP contribution < -0.4 is 10.5 Å². The number of nitrogens with two attached hydrogens (primary N) is 1. The van der Waals surface area contributed by atoms with Crippen LogP contribution in [0.4, 0.5) is 13.2 Å². The molecule has 0 aliphatic rings. The first kappa shape index (κ1) is 16.3. The van der Waals surface area contributed by atoms with Gasteiger partial charge in [0.2, 0.25) is 0 Å². The van der Waals surface area contributed by atoms with Crippen LogP contribution in [0.25, 0.3) is 0 Å². The first-order chi connectivity index (χ1) is 9.21. The van der Waals surface area contributed by atoms with Crippen LogP contribution in [0.2, 0.25) is 0 Å². The van der Waals surface area contributed by atoms with Crippen molar-refractivity contribution in [1.82, 2.24) is 0 Å². The molecule has 0 unspecified atom stereocenters. The summed E-state index contributed by atoms with van der Waals surface area (Å²) in [6, 6.07) is 2.86. The number of hydrogen-bond acceptors (Lipinski definition) is 3. The summed E-state index contributed by atoms with van der Waals surface area (Å²) >= 11 is 0. The number of amidine groups is 1. The van der Waals surface area contributed by atoms with E-state index in [-0.39, 0.29) is 24.0 Å². The van der Waals surface area contributed by atoms with Gasteiger partial charge in [0.15, 0.2) is 0 Å². The molecule has 20 heavy (non-hydrogen) atoms. The van der Waals surface area contributed by atoms with E-state index in [1.54, 1.807) is 0 Å². The second-order valence-electron chi connectivity index (χ2n) is 4.39. The third-order valence-corrected chi connectivity index (χ3v) is 2.39. The minimum absolute atomic E-state index is 0.0403. The Morgan fingerprint density at radius 2 is 1.95 bits per heavy atom. The lowest BCUT2D eigenvalue weighted by Crippen LogP contribution is -2.17. The molecule has 0 bridgehead atoms. The molecule has 0 aliphatic heterocycles. The molecular formula is C13H17F3N2O2. The van der Waals surface area contributed by atoms with Crippen molar-refractivity contribution in [3.63, 3.8) is 0 Å². The molecule has 0 saturated heterocycles. The molecule has 1 aromatic carbocycles. The third-order valence-electron chi connectivity index (χ3n) is 2.39. The highest BCUT2D eigenvalue weighted by molar-refractivity contribution is 5.97. The monoisotopic (exact) mass is 290 g/mol. The van der Waals surface area contributed by atoms with Crippen LogP contribution >= 0.6 is 0 Å². The summed E-state index contributed by atoms with van der Waals surface area (Å²) in [7, 11) is 0. The minimum atomic E-state index is -4.48. The largest absolute Gasteiger partial charge is 0.490 e. The molecule has 0 radical (unpaired) electrons. The van der Waals surface area contributed by atoms with E-state index in [4.69, 9.17) is 20.6 Å². The highest BCUT2D eigenvalue weighted by Crippen LogP contribution is 2.32. The van der Waals surface area contributed by atoms with Crippen LogP contribution in [0.1, 0.15) is 25.0 Å². The van der Waals surface area contributed by atoms with Gasteiger partial charge in [0.05, 0.1) is 23.8 Å². The second kappa shape index (κ2) is 6.60. The highest BCUT2D eigenvalue weighted by atomic mass is 19.4. The van der Waals surface area contributed by atoms with Gasteiger partial charge in [0, 0.05) is 0 Å². The molecule has 0 aromatic heterocycles. The lowest BCUT2D eigenvalue weighted by molar-refractivity contribution is -0.137. The Labute approximate surface area is 115 Å². The molecule has 0 spiro atoms. The standard InChI is InChI=1S/C13H17F3N2O2/c1-8(2)19-5-6-20-11-4-3-9(13(14,15)16)7-10(11)12(17)18/h3-4,7-8H,5-6H2,1-2H3,(H3,17,18). The fourth-order valence-electron chi connectivity index (χ4n) is 1.48. The summed E-state index contributed by atoms with van der Waals surface area (Å²) in [6.45, 7) is 4.19. The van der Waals surface area contributed by atoms with E-state index in [9.17, 15) is 13.2 Å². The molecular weight excluding hydrogens is 273 g/mol. The second-order valence-corrected chi connectivity index (χ2v) is 4.39. The Balaban J connectivity index is 2.83. The Kier molecular flexibility index (Phi) is 5.38. The normalized spacial score (nSPS) is 11.7. The predicted molar refractivity (Wildman–Crippen MR) is 69.0 cm³/mol. The van der Waals surface area contributed by atoms with Crippen LogP contribution in [-0.4, -0.2) is 25.2 Å². The maximum absolute atomic E-state index is 12.6. The third kappa shape index (κ3) is 4.73. The van der Waals surface area contributed by atoms with E-state index in [1.165, 1.54) is 0 Å². The Morgan fingerprint density at radius 1 is 1.30 bits per heavy atom. The fraction of sp³-hybridized carbons (Fsp3) is 0.462. The van der Waals surface area contributed by atoms with Gasteiger partial charge in [0.1, 0.15) is 18.2 Å². The van der Waals surface area contributed by atoms with Crippen molar-refractivity contribution in [1.29, 1.82) is 5.41 Å². The number of halogens is 3. The van der Waals surface area contributed by atoms with Crippen LogP contribution in [-0.2, 0) is 10.9 Å². The maximum atomic E-state index is 12.6. The van der Waals surface area contributed by atoms with Gasteiger partial charge >= 0.3 is 6.18 Å². The van der Waals surface area contributed by atoms with Crippen molar-refractivity contribution in [2.24, 2.45) is 5.73 Å². The first-order valence-electron chi connectivity index (χ1n) is 6.02. The van der Waals surface area contributed by atoms with E-state index >= 15 is 0 Å². The summed E-state index contributed by atoms with van der Waals surface area (Å²) in [4.78, 5) is 0.